The molecule has 0 aliphatic carbocycles. The van der Waals surface area contributed by atoms with Crippen LogP contribution in [0.5, 0.6) is 0 Å². The first-order chi connectivity index (χ1) is 20.4. The van der Waals surface area contributed by atoms with Gasteiger partial charge in [0, 0.05) is 68.6 Å². The first kappa shape index (κ1) is 29.6. The molecule has 6 rings (SSSR count). The summed E-state index contributed by atoms with van der Waals surface area (Å²) in [7, 11) is -2.92. The van der Waals surface area contributed by atoms with Gasteiger partial charge in [-0.1, -0.05) is 13.8 Å². The summed E-state index contributed by atoms with van der Waals surface area (Å²) in [6.45, 7) is 15.8. The molecule has 6 heterocycles. The van der Waals surface area contributed by atoms with Crippen LogP contribution in [0, 0.1) is 13.8 Å². The number of carbonyl (C=O) groups is 1. The number of rotatable bonds is 6. The van der Waals surface area contributed by atoms with Crippen molar-refractivity contribution >= 4 is 38.2 Å². The lowest BCUT2D eigenvalue weighted by Gasteiger charge is -2.45. The van der Waals surface area contributed by atoms with Crippen molar-refractivity contribution in [2.24, 2.45) is 0 Å². The number of nitrogens with one attached hydrogen (secondary N) is 1. The van der Waals surface area contributed by atoms with E-state index in [1.165, 1.54) is 11.1 Å². The van der Waals surface area contributed by atoms with Gasteiger partial charge in [-0.15, -0.1) is 0 Å². The fourth-order valence-electron chi connectivity index (χ4n) is 6.63. The van der Waals surface area contributed by atoms with E-state index in [-0.39, 0.29) is 35.4 Å². The Morgan fingerprint density at radius 3 is 2.53 bits per heavy atom. The molecule has 1 amide bonds. The van der Waals surface area contributed by atoms with Gasteiger partial charge >= 0.3 is 0 Å². The Morgan fingerprint density at radius 1 is 1.07 bits per heavy atom. The fraction of sp³-hybridized carbons (Fsp3) is 0.548. The van der Waals surface area contributed by atoms with Gasteiger partial charge in [-0.2, -0.15) is 5.10 Å². The number of amides is 1. The summed E-state index contributed by atoms with van der Waals surface area (Å²) in [5.41, 5.74) is 8.46. The maximum absolute atomic E-state index is 13.2. The Balaban J connectivity index is 1.23. The van der Waals surface area contributed by atoms with Crippen LogP contribution in [0.4, 0.5) is 5.82 Å². The number of aryl methyl sites for hydroxylation is 1. The van der Waals surface area contributed by atoms with Gasteiger partial charge in [0.05, 0.1) is 28.2 Å². The van der Waals surface area contributed by atoms with Crippen LogP contribution in [0.25, 0.3) is 27.9 Å². The first-order valence-corrected chi connectivity index (χ1v) is 17.1. The van der Waals surface area contributed by atoms with Crippen LogP contribution in [-0.4, -0.2) is 105 Å². The summed E-state index contributed by atoms with van der Waals surface area (Å²) in [6.07, 6.45) is 4.05. The lowest BCUT2D eigenvalue weighted by atomic mass is 9.95. The van der Waals surface area contributed by atoms with Crippen molar-refractivity contribution in [2.45, 2.75) is 66.0 Å². The lowest BCUT2D eigenvalue weighted by Crippen LogP contribution is -2.58. The van der Waals surface area contributed by atoms with Crippen molar-refractivity contribution in [3.63, 3.8) is 0 Å². The van der Waals surface area contributed by atoms with Crippen LogP contribution in [-0.2, 0) is 14.6 Å². The molecule has 230 valence electrons. The summed E-state index contributed by atoms with van der Waals surface area (Å²) in [6, 6.07) is 4.34. The second kappa shape index (κ2) is 11.2. The normalized spacial score (nSPS) is 21.4. The number of piperazine rings is 1. The molecule has 0 spiro atoms. The average Bonchev–Trinajstić information content (AvgIpc) is 3.59. The molecule has 2 aliphatic rings. The number of carbonyl (C=O) groups excluding carboxylic acids is 1. The summed E-state index contributed by atoms with van der Waals surface area (Å²) in [5.74, 6) is 1.65. The molecule has 2 atom stereocenters. The summed E-state index contributed by atoms with van der Waals surface area (Å²) in [5, 5.41) is 4.40. The molecule has 1 N–H and O–H groups in total. The van der Waals surface area contributed by atoms with E-state index in [1.54, 1.807) is 6.33 Å². The van der Waals surface area contributed by atoms with Gasteiger partial charge in [0.25, 0.3) is 0 Å². The third-order valence-corrected chi connectivity index (χ3v) is 10.9. The molecule has 11 nitrogen and oxygen atoms in total. The van der Waals surface area contributed by atoms with Gasteiger partial charge < -0.3 is 19.7 Å². The van der Waals surface area contributed by atoms with Crippen LogP contribution in [0.3, 0.4) is 0 Å². The van der Waals surface area contributed by atoms with Crippen molar-refractivity contribution in [1.29, 1.82) is 0 Å². The van der Waals surface area contributed by atoms with Crippen molar-refractivity contribution in [1.82, 2.24) is 34.4 Å². The number of fused-ring (bicyclic) bond motifs is 2. The summed E-state index contributed by atoms with van der Waals surface area (Å²) < 4.78 is 25.3. The zero-order valence-corrected chi connectivity index (χ0v) is 26.8. The third-order valence-electron chi connectivity index (χ3n) is 9.32. The predicted molar refractivity (Wildman–Crippen MR) is 169 cm³/mol. The summed E-state index contributed by atoms with van der Waals surface area (Å²) >= 11 is 0. The number of hydrogen-bond acceptors (Lipinski definition) is 8. The SMILES string of the molecule is Cc1c(-c2[nH]c3ccc(N4C[C@@H](C)N(C(=O)CCN5CCS(=O)(=O)CC5)C[C@@H]4C)nc3c2C(C)C)cn2ncnc2c1C. The molecule has 0 radical (unpaired) electrons. The standard InChI is InChI=1S/C31H42N8O3S/c1-19(2)28-29(24-17-39-31(32-18-33-39)23(6)22(24)5)34-25-7-8-26(35-30(25)28)37-15-21(4)38(16-20(37)3)27(40)9-10-36-11-13-43(41,42)14-12-36/h7-8,17-21,34H,9-16H2,1-6H3/t20-,21+/m0/s1. The highest BCUT2D eigenvalue weighted by molar-refractivity contribution is 7.91. The second-order valence-corrected chi connectivity index (χ2v) is 14.9. The highest BCUT2D eigenvalue weighted by atomic mass is 32.2. The number of aromatic nitrogens is 5. The van der Waals surface area contributed by atoms with E-state index in [1.807, 2.05) is 9.42 Å². The van der Waals surface area contributed by atoms with Gasteiger partial charge in [0.15, 0.2) is 15.5 Å². The lowest BCUT2D eigenvalue weighted by molar-refractivity contribution is -0.134. The van der Waals surface area contributed by atoms with Crippen molar-refractivity contribution < 1.29 is 13.2 Å². The number of sulfone groups is 1. The van der Waals surface area contributed by atoms with E-state index in [9.17, 15) is 13.2 Å². The monoisotopic (exact) mass is 606 g/mol. The molecule has 2 fully saturated rings. The van der Waals surface area contributed by atoms with Crippen LogP contribution in [0.1, 0.15) is 56.7 Å². The molecule has 0 bridgehead atoms. The highest BCUT2D eigenvalue weighted by Gasteiger charge is 2.33. The molecule has 0 aromatic carbocycles. The largest absolute Gasteiger partial charge is 0.353 e. The molecule has 4 aromatic rings. The molecule has 0 unspecified atom stereocenters. The van der Waals surface area contributed by atoms with Crippen LogP contribution >= 0.6 is 0 Å². The number of hydrogen-bond donors (Lipinski definition) is 1. The zero-order chi connectivity index (χ0) is 30.6. The highest BCUT2D eigenvalue weighted by Crippen LogP contribution is 2.38. The molecule has 2 saturated heterocycles. The Hall–Kier alpha value is -3.51. The van der Waals surface area contributed by atoms with Gasteiger partial charge in [0.2, 0.25) is 5.91 Å². The molecule has 43 heavy (non-hydrogen) atoms. The van der Waals surface area contributed by atoms with Crippen LogP contribution in [0.2, 0.25) is 0 Å². The van der Waals surface area contributed by atoms with Crippen molar-refractivity contribution in [2.75, 3.05) is 49.1 Å². The van der Waals surface area contributed by atoms with Gasteiger partial charge in [-0.3, -0.25) is 4.79 Å². The predicted octanol–water partition coefficient (Wildman–Crippen LogP) is 3.56. The zero-order valence-electron chi connectivity index (χ0n) is 26.0. The van der Waals surface area contributed by atoms with E-state index in [0.29, 0.717) is 39.1 Å². The maximum atomic E-state index is 13.2. The van der Waals surface area contributed by atoms with Gasteiger partial charge in [-0.05, 0) is 56.9 Å². The maximum Gasteiger partial charge on any atom is 0.224 e. The number of nitrogens with zero attached hydrogens (tertiary/aromatic N) is 7. The van der Waals surface area contributed by atoms with Crippen molar-refractivity contribution in [3.8, 4) is 11.3 Å². The molecular formula is C31H42N8O3S. The van der Waals surface area contributed by atoms with E-state index in [0.717, 1.165) is 39.3 Å². The first-order valence-electron chi connectivity index (χ1n) is 15.2. The average molecular weight is 607 g/mol. The van der Waals surface area contributed by atoms with E-state index < -0.39 is 9.84 Å². The minimum absolute atomic E-state index is 0.0364. The number of anilines is 1. The second-order valence-electron chi connectivity index (χ2n) is 12.6. The quantitative estimate of drug-likeness (QED) is 0.354. The third kappa shape index (κ3) is 5.50. The Labute approximate surface area is 253 Å². The number of aromatic amines is 1. The topological polar surface area (TPSA) is 120 Å². The van der Waals surface area contributed by atoms with E-state index >= 15 is 0 Å². The minimum atomic E-state index is -2.92. The molecular weight excluding hydrogens is 564 g/mol. The van der Waals surface area contributed by atoms with E-state index in [4.69, 9.17) is 4.98 Å². The fourth-order valence-corrected chi connectivity index (χ4v) is 7.91. The minimum Gasteiger partial charge on any atom is -0.353 e. The molecule has 0 saturated carbocycles. The van der Waals surface area contributed by atoms with Crippen LogP contribution < -0.4 is 4.90 Å². The number of pyridine rings is 2. The van der Waals surface area contributed by atoms with Gasteiger partial charge in [0.1, 0.15) is 12.1 Å². The molecule has 12 heteroatoms. The van der Waals surface area contributed by atoms with E-state index in [2.05, 4.69) is 84.7 Å². The Bertz CT molecular complexity index is 1780. The summed E-state index contributed by atoms with van der Waals surface area (Å²) in [4.78, 5) is 33.0. The number of H-pyrrole nitrogens is 1. The Kier molecular flexibility index (Phi) is 7.70. The van der Waals surface area contributed by atoms with Crippen molar-refractivity contribution in [3.05, 3.63) is 41.3 Å². The smallest absolute Gasteiger partial charge is 0.224 e. The van der Waals surface area contributed by atoms with Gasteiger partial charge in [-0.25, -0.2) is 22.9 Å². The molecule has 2 aliphatic heterocycles. The Morgan fingerprint density at radius 2 is 1.81 bits per heavy atom. The van der Waals surface area contributed by atoms with Crippen LogP contribution in [0.15, 0.2) is 24.7 Å². The molecule has 4 aromatic heterocycles.